The second-order valence-electron chi connectivity index (χ2n) is 9.11. The number of carbonyl (C=O) groups is 2. The Balaban J connectivity index is 1.51. The van der Waals surface area contributed by atoms with Crippen LogP contribution in [0, 0.1) is 0 Å². The highest BCUT2D eigenvalue weighted by Crippen LogP contribution is 2.31. The minimum absolute atomic E-state index is 0.0239. The molecule has 1 unspecified atom stereocenters. The van der Waals surface area contributed by atoms with Crippen molar-refractivity contribution in [3.05, 3.63) is 89.1 Å². The Morgan fingerprint density at radius 3 is 2.32 bits per heavy atom. The summed E-state index contributed by atoms with van der Waals surface area (Å²) in [5.74, 6) is -0.0107. The summed E-state index contributed by atoms with van der Waals surface area (Å²) in [5.41, 5.74) is 0.952. The van der Waals surface area contributed by atoms with Crippen LogP contribution < -0.4 is 0 Å². The first-order valence-corrected chi connectivity index (χ1v) is 12.1. The van der Waals surface area contributed by atoms with Crippen LogP contribution in [0.2, 0.25) is 0 Å². The lowest BCUT2D eigenvalue weighted by Crippen LogP contribution is -2.50. The number of benzene rings is 2. The van der Waals surface area contributed by atoms with E-state index in [2.05, 4.69) is 4.98 Å². The Hall–Kier alpha value is -3.66. The second-order valence-corrected chi connectivity index (χ2v) is 9.11. The van der Waals surface area contributed by atoms with E-state index < -0.39 is 11.7 Å². The average Bonchev–Trinajstić information content (AvgIpc) is 3.36. The molecule has 1 aliphatic rings. The molecule has 10 heteroatoms. The van der Waals surface area contributed by atoms with Gasteiger partial charge in [0.2, 0.25) is 11.8 Å². The number of piperazine rings is 1. The van der Waals surface area contributed by atoms with Crippen LogP contribution in [0.4, 0.5) is 13.2 Å². The highest BCUT2D eigenvalue weighted by molar-refractivity contribution is 5.92. The van der Waals surface area contributed by atoms with Gasteiger partial charge in [-0.15, -0.1) is 0 Å². The first kappa shape index (κ1) is 26.4. The molecule has 1 atom stereocenters. The largest absolute Gasteiger partial charge is 0.447 e. The standard InChI is InChI=1S/C27H29F3N4O3/c1-19(22-8-4-3-5-9-22)34(16-21-7-6-10-23(15-21)27(28,29)30)17-25-31-24(18-37-25)26(36)33-13-11-32(12-14-33)20(2)35/h3-10,15,18-19H,11-14,16-17H2,1-2H3. The van der Waals surface area contributed by atoms with E-state index in [-0.39, 0.29) is 36.6 Å². The molecule has 1 saturated heterocycles. The summed E-state index contributed by atoms with van der Waals surface area (Å²) in [6.07, 6.45) is -3.12. The van der Waals surface area contributed by atoms with E-state index >= 15 is 0 Å². The predicted octanol–water partition coefficient (Wildman–Crippen LogP) is 4.76. The van der Waals surface area contributed by atoms with Gasteiger partial charge in [-0.2, -0.15) is 13.2 Å². The molecule has 7 nitrogen and oxygen atoms in total. The first-order chi connectivity index (χ1) is 17.6. The van der Waals surface area contributed by atoms with Crippen LogP contribution in [0.25, 0.3) is 0 Å². The number of alkyl halides is 3. The monoisotopic (exact) mass is 514 g/mol. The molecule has 1 aliphatic heterocycles. The number of aromatic nitrogens is 1. The molecule has 196 valence electrons. The van der Waals surface area contributed by atoms with E-state index in [1.165, 1.54) is 19.3 Å². The number of rotatable bonds is 7. The number of amides is 2. The fourth-order valence-corrected chi connectivity index (χ4v) is 4.39. The van der Waals surface area contributed by atoms with Crippen molar-refractivity contribution < 1.29 is 27.2 Å². The van der Waals surface area contributed by atoms with Crippen molar-refractivity contribution >= 4 is 11.8 Å². The maximum absolute atomic E-state index is 13.3. The van der Waals surface area contributed by atoms with E-state index in [4.69, 9.17) is 4.42 Å². The van der Waals surface area contributed by atoms with Crippen molar-refractivity contribution in [3.63, 3.8) is 0 Å². The highest BCUT2D eigenvalue weighted by Gasteiger charge is 2.31. The van der Waals surface area contributed by atoms with Crippen LogP contribution in [0.1, 0.15) is 53.0 Å². The molecule has 0 N–H and O–H groups in total. The smallest absolute Gasteiger partial charge is 0.416 e. The maximum Gasteiger partial charge on any atom is 0.416 e. The predicted molar refractivity (Wildman–Crippen MR) is 130 cm³/mol. The molecule has 0 radical (unpaired) electrons. The van der Waals surface area contributed by atoms with Gasteiger partial charge in [0.25, 0.3) is 5.91 Å². The summed E-state index contributed by atoms with van der Waals surface area (Å²) in [4.78, 5) is 34.1. The highest BCUT2D eigenvalue weighted by atomic mass is 19.4. The van der Waals surface area contributed by atoms with Crippen molar-refractivity contribution in [2.45, 2.75) is 39.2 Å². The van der Waals surface area contributed by atoms with Gasteiger partial charge in [-0.05, 0) is 24.1 Å². The van der Waals surface area contributed by atoms with Gasteiger partial charge in [-0.3, -0.25) is 14.5 Å². The molecule has 0 spiro atoms. The molecular formula is C27H29F3N4O3. The summed E-state index contributed by atoms with van der Waals surface area (Å²) in [6, 6.07) is 14.7. The van der Waals surface area contributed by atoms with Crippen LogP contribution in [0.5, 0.6) is 0 Å². The lowest BCUT2D eigenvalue weighted by molar-refractivity contribution is -0.137. The fraction of sp³-hybridized carbons (Fsp3) is 0.370. The van der Waals surface area contributed by atoms with Crippen LogP contribution in [-0.4, -0.2) is 57.7 Å². The molecular weight excluding hydrogens is 485 g/mol. The number of hydrogen-bond donors (Lipinski definition) is 0. The molecule has 2 aromatic carbocycles. The number of nitrogens with zero attached hydrogens (tertiary/aromatic N) is 4. The summed E-state index contributed by atoms with van der Waals surface area (Å²) >= 11 is 0. The van der Waals surface area contributed by atoms with Crippen LogP contribution >= 0.6 is 0 Å². The van der Waals surface area contributed by atoms with Gasteiger partial charge >= 0.3 is 6.18 Å². The van der Waals surface area contributed by atoms with Crippen LogP contribution in [-0.2, 0) is 24.1 Å². The van der Waals surface area contributed by atoms with Crippen molar-refractivity contribution in [1.82, 2.24) is 19.7 Å². The number of carbonyl (C=O) groups excluding carboxylic acids is 2. The van der Waals surface area contributed by atoms with Gasteiger partial charge in [0, 0.05) is 45.7 Å². The minimum Gasteiger partial charge on any atom is -0.447 e. The zero-order valence-electron chi connectivity index (χ0n) is 20.7. The fourth-order valence-electron chi connectivity index (χ4n) is 4.39. The number of hydrogen-bond acceptors (Lipinski definition) is 5. The molecule has 0 saturated carbocycles. The maximum atomic E-state index is 13.3. The summed E-state index contributed by atoms with van der Waals surface area (Å²) < 4.78 is 45.4. The van der Waals surface area contributed by atoms with Gasteiger partial charge in [0.1, 0.15) is 6.26 Å². The number of oxazole rings is 1. The zero-order chi connectivity index (χ0) is 26.6. The molecule has 4 rings (SSSR count). The molecule has 0 aliphatic carbocycles. The second kappa shape index (κ2) is 11.2. The first-order valence-electron chi connectivity index (χ1n) is 12.1. The SMILES string of the molecule is CC(=O)N1CCN(C(=O)c2coc(CN(Cc3cccc(C(F)(F)F)c3)C(C)c3ccccc3)n2)CC1. The molecule has 1 aromatic heterocycles. The van der Waals surface area contributed by atoms with Crippen molar-refractivity contribution in [1.29, 1.82) is 0 Å². The Morgan fingerprint density at radius 1 is 1.00 bits per heavy atom. The van der Waals surface area contributed by atoms with Gasteiger partial charge in [0.05, 0.1) is 12.1 Å². The van der Waals surface area contributed by atoms with Gasteiger partial charge in [0.15, 0.2) is 5.69 Å². The Bertz CT molecular complexity index is 1220. The molecule has 37 heavy (non-hydrogen) atoms. The minimum atomic E-state index is -4.43. The van der Waals surface area contributed by atoms with E-state index in [0.717, 1.165) is 17.7 Å². The third-order valence-electron chi connectivity index (χ3n) is 6.59. The van der Waals surface area contributed by atoms with Crippen LogP contribution in [0.15, 0.2) is 65.3 Å². The zero-order valence-corrected chi connectivity index (χ0v) is 20.7. The van der Waals surface area contributed by atoms with Crippen molar-refractivity contribution in [2.24, 2.45) is 0 Å². The third-order valence-corrected chi connectivity index (χ3v) is 6.59. The Kier molecular flexibility index (Phi) is 7.97. The van der Waals surface area contributed by atoms with Crippen molar-refractivity contribution in [3.8, 4) is 0 Å². The van der Waals surface area contributed by atoms with E-state index in [0.29, 0.717) is 37.6 Å². The number of halogens is 3. The molecule has 2 heterocycles. The van der Waals surface area contributed by atoms with Gasteiger partial charge < -0.3 is 14.2 Å². The molecule has 1 fully saturated rings. The topological polar surface area (TPSA) is 69.9 Å². The lowest BCUT2D eigenvalue weighted by atomic mass is 10.0. The Morgan fingerprint density at radius 2 is 1.68 bits per heavy atom. The van der Waals surface area contributed by atoms with E-state index in [1.54, 1.807) is 15.9 Å². The third kappa shape index (κ3) is 6.56. The van der Waals surface area contributed by atoms with E-state index in [9.17, 15) is 22.8 Å². The van der Waals surface area contributed by atoms with Crippen LogP contribution in [0.3, 0.4) is 0 Å². The van der Waals surface area contributed by atoms with Crippen molar-refractivity contribution in [2.75, 3.05) is 26.2 Å². The molecule has 3 aromatic rings. The molecule has 0 bridgehead atoms. The summed E-state index contributed by atoms with van der Waals surface area (Å²) in [7, 11) is 0. The normalized spacial score (nSPS) is 15.2. The molecule has 2 amide bonds. The van der Waals surface area contributed by atoms with Gasteiger partial charge in [-0.1, -0.05) is 48.5 Å². The quantitative estimate of drug-likeness (QED) is 0.455. The summed E-state index contributed by atoms with van der Waals surface area (Å²) in [5, 5.41) is 0. The summed E-state index contributed by atoms with van der Waals surface area (Å²) in [6.45, 7) is 5.63. The van der Waals surface area contributed by atoms with Gasteiger partial charge in [-0.25, -0.2) is 4.98 Å². The lowest BCUT2D eigenvalue weighted by Gasteiger charge is -2.33. The average molecular weight is 515 g/mol. The Labute approximate surface area is 213 Å². The van der Waals surface area contributed by atoms with E-state index in [1.807, 2.05) is 42.2 Å².